The number of halogens is 4. The van der Waals surface area contributed by atoms with Gasteiger partial charge in [-0.15, -0.1) is 0 Å². The Kier molecular flexibility index (Phi) is 4.86. The summed E-state index contributed by atoms with van der Waals surface area (Å²) >= 11 is 11.5. The van der Waals surface area contributed by atoms with Gasteiger partial charge in [0.25, 0.3) is 0 Å². The van der Waals surface area contributed by atoms with E-state index in [2.05, 4.69) is 43.8 Å². The summed E-state index contributed by atoms with van der Waals surface area (Å²) in [5.74, 6) is -0.319. The maximum absolute atomic E-state index is 13.2. The highest BCUT2D eigenvalue weighted by Crippen LogP contribution is 2.25. The van der Waals surface area contributed by atoms with Crippen LogP contribution in [0.25, 0.3) is 0 Å². The molecule has 2 aromatic carbocycles. The summed E-state index contributed by atoms with van der Waals surface area (Å²) in [4.78, 5) is 0. The first-order valence-electron chi connectivity index (χ1n) is 5.18. The second-order valence-corrected chi connectivity index (χ2v) is 6.29. The van der Waals surface area contributed by atoms with E-state index in [1.165, 1.54) is 12.1 Å². The monoisotopic (exact) mass is 439 g/mol. The van der Waals surface area contributed by atoms with Gasteiger partial charge < -0.3 is 5.32 Å². The largest absolute Gasteiger partial charge is 0.380 e. The van der Waals surface area contributed by atoms with Crippen molar-refractivity contribution in [2.24, 2.45) is 0 Å². The highest BCUT2D eigenvalue weighted by Gasteiger charge is 2.02. The quantitative estimate of drug-likeness (QED) is 0.625. The third-order valence-electron chi connectivity index (χ3n) is 2.34. The van der Waals surface area contributed by atoms with Gasteiger partial charge in [0.1, 0.15) is 5.82 Å². The van der Waals surface area contributed by atoms with Crippen LogP contribution in [-0.4, -0.2) is 0 Å². The normalized spacial score (nSPS) is 10.4. The van der Waals surface area contributed by atoms with Gasteiger partial charge in [0.2, 0.25) is 0 Å². The van der Waals surface area contributed by atoms with Gasteiger partial charge in [-0.05, 0) is 80.5 Å². The Balaban J connectivity index is 2.11. The van der Waals surface area contributed by atoms with Crippen molar-refractivity contribution < 1.29 is 4.39 Å². The molecule has 0 atom stereocenters. The van der Waals surface area contributed by atoms with E-state index in [0.29, 0.717) is 11.6 Å². The summed E-state index contributed by atoms with van der Waals surface area (Å²) in [6, 6.07) is 10.5. The van der Waals surface area contributed by atoms with Crippen molar-refractivity contribution in [2.75, 3.05) is 5.32 Å². The number of rotatable bonds is 3. The van der Waals surface area contributed by atoms with E-state index < -0.39 is 0 Å². The molecule has 0 saturated carbocycles. The fourth-order valence-corrected chi connectivity index (χ4v) is 3.23. The molecule has 0 bridgehead atoms. The Morgan fingerprint density at radius 2 is 2.00 bits per heavy atom. The molecular formula is C13H9BrClFIN. The minimum absolute atomic E-state index is 0.319. The number of hydrogen-bond donors (Lipinski definition) is 1. The molecule has 0 aromatic heterocycles. The zero-order valence-corrected chi connectivity index (χ0v) is 13.7. The van der Waals surface area contributed by atoms with Crippen LogP contribution < -0.4 is 5.32 Å². The van der Waals surface area contributed by atoms with Crippen LogP contribution in [0.1, 0.15) is 5.56 Å². The van der Waals surface area contributed by atoms with E-state index in [0.717, 1.165) is 19.3 Å². The van der Waals surface area contributed by atoms with Gasteiger partial charge in [-0.1, -0.05) is 11.6 Å². The molecule has 5 heteroatoms. The van der Waals surface area contributed by atoms with Crippen molar-refractivity contribution >= 4 is 55.8 Å². The molecule has 0 saturated heterocycles. The number of hydrogen-bond acceptors (Lipinski definition) is 1. The lowest BCUT2D eigenvalue weighted by Gasteiger charge is -2.09. The first-order valence-corrected chi connectivity index (χ1v) is 7.43. The lowest BCUT2D eigenvalue weighted by Crippen LogP contribution is -2.00. The maximum atomic E-state index is 13.2. The van der Waals surface area contributed by atoms with Crippen LogP contribution in [0.2, 0.25) is 5.02 Å². The zero-order chi connectivity index (χ0) is 13.1. The predicted molar refractivity (Wildman–Crippen MR) is 85.6 cm³/mol. The Morgan fingerprint density at radius 1 is 1.22 bits per heavy atom. The Bertz CT molecular complexity index is 557. The molecular weight excluding hydrogens is 431 g/mol. The molecule has 1 nitrogen and oxygen atoms in total. The highest BCUT2D eigenvalue weighted by molar-refractivity contribution is 14.1. The third kappa shape index (κ3) is 3.83. The summed E-state index contributed by atoms with van der Waals surface area (Å²) in [6.45, 7) is 0.524. The predicted octanol–water partition coefficient (Wildman–Crippen LogP) is 5.46. The van der Waals surface area contributed by atoms with E-state index in [4.69, 9.17) is 11.6 Å². The second-order valence-electron chi connectivity index (χ2n) is 3.76. The molecule has 2 aromatic rings. The van der Waals surface area contributed by atoms with E-state index in [9.17, 15) is 4.39 Å². The SMILES string of the molecule is Fc1cc(Cl)cc(CNc2ccc(I)cc2Br)c1. The molecule has 0 heterocycles. The molecule has 0 fully saturated rings. The lowest BCUT2D eigenvalue weighted by atomic mass is 10.2. The molecule has 0 amide bonds. The van der Waals surface area contributed by atoms with Crippen molar-refractivity contribution in [1.29, 1.82) is 0 Å². The van der Waals surface area contributed by atoms with E-state index in [1.54, 1.807) is 6.07 Å². The third-order valence-corrected chi connectivity index (χ3v) is 3.88. The summed E-state index contributed by atoms with van der Waals surface area (Å²) in [5.41, 5.74) is 1.78. The molecule has 2 rings (SSSR count). The summed E-state index contributed by atoms with van der Waals surface area (Å²) < 4.78 is 15.3. The van der Waals surface area contributed by atoms with Gasteiger partial charge in [-0.3, -0.25) is 0 Å². The fraction of sp³-hybridized carbons (Fsp3) is 0.0769. The molecule has 1 N–H and O–H groups in total. The second kappa shape index (κ2) is 6.21. The van der Waals surface area contributed by atoms with Gasteiger partial charge >= 0.3 is 0 Å². The standard InChI is InChI=1S/C13H9BrClFIN/c14-12-6-11(17)1-2-13(12)18-7-8-3-9(15)5-10(16)4-8/h1-6,18H,7H2. The number of nitrogens with one attached hydrogen (secondary N) is 1. The van der Waals surface area contributed by atoms with Crippen LogP contribution >= 0.6 is 50.1 Å². The minimum atomic E-state index is -0.319. The Hall–Kier alpha value is -0.330. The van der Waals surface area contributed by atoms with Gasteiger partial charge in [0, 0.05) is 25.3 Å². The topological polar surface area (TPSA) is 12.0 Å². The molecule has 0 spiro atoms. The van der Waals surface area contributed by atoms with Crippen molar-refractivity contribution in [3.05, 3.63) is 60.8 Å². The van der Waals surface area contributed by atoms with Gasteiger partial charge in [-0.25, -0.2) is 4.39 Å². The van der Waals surface area contributed by atoms with Gasteiger partial charge in [0.05, 0.1) is 0 Å². The molecule has 94 valence electrons. The fourth-order valence-electron chi connectivity index (χ4n) is 1.54. The van der Waals surface area contributed by atoms with Crippen molar-refractivity contribution in [2.45, 2.75) is 6.54 Å². The summed E-state index contributed by atoms with van der Waals surface area (Å²) in [7, 11) is 0. The molecule has 0 unspecified atom stereocenters. The van der Waals surface area contributed by atoms with E-state index in [1.807, 2.05) is 18.2 Å². The van der Waals surface area contributed by atoms with Crippen LogP contribution in [-0.2, 0) is 6.54 Å². The van der Waals surface area contributed by atoms with Crippen LogP contribution in [0.3, 0.4) is 0 Å². The first-order chi connectivity index (χ1) is 8.54. The summed E-state index contributed by atoms with van der Waals surface area (Å²) in [5, 5.41) is 3.65. The molecule has 0 radical (unpaired) electrons. The van der Waals surface area contributed by atoms with Crippen LogP contribution in [0, 0.1) is 9.39 Å². The molecule has 0 aliphatic carbocycles. The molecule has 18 heavy (non-hydrogen) atoms. The van der Waals surface area contributed by atoms with Gasteiger partial charge in [-0.2, -0.15) is 0 Å². The van der Waals surface area contributed by atoms with Crippen molar-refractivity contribution in [1.82, 2.24) is 0 Å². The average molecular weight is 440 g/mol. The van der Waals surface area contributed by atoms with Crippen LogP contribution in [0.5, 0.6) is 0 Å². The Morgan fingerprint density at radius 3 is 2.67 bits per heavy atom. The Labute approximate surface area is 132 Å². The van der Waals surface area contributed by atoms with E-state index in [-0.39, 0.29) is 5.82 Å². The van der Waals surface area contributed by atoms with Gasteiger partial charge in [0.15, 0.2) is 0 Å². The highest BCUT2D eigenvalue weighted by atomic mass is 127. The maximum Gasteiger partial charge on any atom is 0.125 e. The zero-order valence-electron chi connectivity index (χ0n) is 9.18. The lowest BCUT2D eigenvalue weighted by molar-refractivity contribution is 0.626. The molecule has 0 aliphatic heterocycles. The average Bonchev–Trinajstić information content (AvgIpc) is 2.26. The van der Waals surface area contributed by atoms with Crippen molar-refractivity contribution in [3.8, 4) is 0 Å². The number of benzene rings is 2. The smallest absolute Gasteiger partial charge is 0.125 e. The first kappa shape index (κ1) is 14.1. The molecule has 0 aliphatic rings. The summed E-state index contributed by atoms with van der Waals surface area (Å²) in [6.07, 6.45) is 0. The van der Waals surface area contributed by atoms with E-state index >= 15 is 0 Å². The minimum Gasteiger partial charge on any atom is -0.380 e. The van der Waals surface area contributed by atoms with Crippen LogP contribution in [0.4, 0.5) is 10.1 Å². The number of anilines is 1. The van der Waals surface area contributed by atoms with Crippen molar-refractivity contribution in [3.63, 3.8) is 0 Å². The van der Waals surface area contributed by atoms with Crippen LogP contribution in [0.15, 0.2) is 40.9 Å².